The van der Waals surface area contributed by atoms with E-state index in [1.54, 1.807) is 36.4 Å². The van der Waals surface area contributed by atoms with Crippen molar-refractivity contribution in [3.63, 3.8) is 0 Å². The molecule has 0 bridgehead atoms. The highest BCUT2D eigenvalue weighted by Crippen LogP contribution is 2.19. The maximum Gasteiger partial charge on any atom is 0.242 e. The molecule has 8 heteroatoms. The summed E-state index contributed by atoms with van der Waals surface area (Å²) in [5.41, 5.74) is 0.747. The van der Waals surface area contributed by atoms with Gasteiger partial charge >= 0.3 is 0 Å². The summed E-state index contributed by atoms with van der Waals surface area (Å²) in [7, 11) is -3.85. The van der Waals surface area contributed by atoms with Crippen molar-refractivity contribution in [3.05, 3.63) is 64.1 Å². The van der Waals surface area contributed by atoms with E-state index in [-0.39, 0.29) is 16.5 Å². The summed E-state index contributed by atoms with van der Waals surface area (Å²) in [6.45, 7) is -0.176. The van der Waals surface area contributed by atoms with Crippen LogP contribution >= 0.6 is 23.2 Å². The summed E-state index contributed by atoms with van der Waals surface area (Å²) < 4.78 is 26.4. The Morgan fingerprint density at radius 1 is 0.957 bits per heavy atom. The smallest absolute Gasteiger partial charge is 0.242 e. The zero-order valence-electron chi connectivity index (χ0n) is 11.9. The fourth-order valence-corrected chi connectivity index (χ4v) is 3.50. The molecular formula is C15H14Cl2N2O3S. The molecule has 5 nitrogen and oxygen atoms in total. The van der Waals surface area contributed by atoms with Crippen LogP contribution in [0.15, 0.2) is 53.4 Å². The topological polar surface area (TPSA) is 75.3 Å². The van der Waals surface area contributed by atoms with Crippen LogP contribution in [-0.4, -0.2) is 20.9 Å². The van der Waals surface area contributed by atoms with E-state index in [4.69, 9.17) is 23.2 Å². The number of sulfonamides is 1. The molecule has 0 spiro atoms. The van der Waals surface area contributed by atoms with Crippen LogP contribution in [0.5, 0.6) is 0 Å². The van der Waals surface area contributed by atoms with Gasteiger partial charge in [-0.1, -0.05) is 53.5 Å². The van der Waals surface area contributed by atoms with Gasteiger partial charge in [-0.2, -0.15) is 0 Å². The van der Waals surface area contributed by atoms with Crippen molar-refractivity contribution in [2.45, 2.75) is 11.4 Å². The number of nitrogens with one attached hydrogen (secondary N) is 2. The van der Waals surface area contributed by atoms with Gasteiger partial charge in [0.15, 0.2) is 0 Å². The van der Waals surface area contributed by atoms with Gasteiger partial charge in [-0.05, 0) is 23.8 Å². The lowest BCUT2D eigenvalue weighted by Crippen LogP contribution is -2.36. The number of carbonyl (C=O) groups excluding carboxylic acids is 1. The van der Waals surface area contributed by atoms with Gasteiger partial charge in [0.05, 0.1) is 11.6 Å². The molecule has 0 heterocycles. The minimum absolute atomic E-state index is 0.0689. The van der Waals surface area contributed by atoms with Gasteiger partial charge in [0.2, 0.25) is 15.9 Å². The summed E-state index contributed by atoms with van der Waals surface area (Å²) in [5, 5.41) is 3.22. The van der Waals surface area contributed by atoms with Crippen LogP contribution in [0.25, 0.3) is 0 Å². The fraction of sp³-hybridized carbons (Fsp3) is 0.133. The molecule has 0 saturated carbocycles. The first-order chi connectivity index (χ1) is 10.9. The van der Waals surface area contributed by atoms with Crippen LogP contribution in [0.4, 0.5) is 0 Å². The lowest BCUT2D eigenvalue weighted by molar-refractivity contribution is -0.120. The zero-order chi connectivity index (χ0) is 16.9. The highest BCUT2D eigenvalue weighted by molar-refractivity contribution is 7.89. The predicted octanol–water partition coefficient (Wildman–Crippen LogP) is 2.59. The number of benzene rings is 2. The Labute approximate surface area is 144 Å². The molecule has 0 aliphatic heterocycles. The van der Waals surface area contributed by atoms with Crippen molar-refractivity contribution in [1.82, 2.24) is 10.0 Å². The molecule has 122 valence electrons. The molecule has 2 aromatic carbocycles. The number of carbonyl (C=O) groups is 1. The van der Waals surface area contributed by atoms with E-state index in [0.29, 0.717) is 5.02 Å². The van der Waals surface area contributed by atoms with Gasteiger partial charge in [-0.25, -0.2) is 13.1 Å². The Balaban J connectivity index is 1.92. The van der Waals surface area contributed by atoms with Crippen molar-refractivity contribution in [1.29, 1.82) is 0 Å². The minimum Gasteiger partial charge on any atom is -0.351 e. The molecule has 0 aliphatic rings. The molecule has 0 radical (unpaired) electrons. The molecule has 0 aliphatic carbocycles. The quantitative estimate of drug-likeness (QED) is 0.817. The van der Waals surface area contributed by atoms with Gasteiger partial charge in [-0.3, -0.25) is 4.79 Å². The van der Waals surface area contributed by atoms with E-state index in [0.717, 1.165) is 5.56 Å². The van der Waals surface area contributed by atoms with Crippen LogP contribution in [0.1, 0.15) is 5.56 Å². The van der Waals surface area contributed by atoms with Crippen molar-refractivity contribution >= 4 is 39.1 Å². The minimum atomic E-state index is -3.85. The average Bonchev–Trinajstić information content (AvgIpc) is 2.52. The van der Waals surface area contributed by atoms with Gasteiger partial charge in [-0.15, -0.1) is 0 Å². The summed E-state index contributed by atoms with van der Waals surface area (Å²) in [5.74, 6) is -0.472. The summed E-state index contributed by atoms with van der Waals surface area (Å²) >= 11 is 11.8. The molecular weight excluding hydrogens is 359 g/mol. The second kappa shape index (κ2) is 7.79. The third-order valence-corrected chi connectivity index (χ3v) is 5.25. The second-order valence-corrected chi connectivity index (χ2v) is 7.17. The molecule has 2 rings (SSSR count). The van der Waals surface area contributed by atoms with E-state index >= 15 is 0 Å². The maximum absolute atomic E-state index is 12.1. The Hall–Kier alpha value is -1.60. The summed E-state index contributed by atoms with van der Waals surface area (Å²) in [4.78, 5) is 11.7. The maximum atomic E-state index is 12.1. The first-order valence-electron chi connectivity index (χ1n) is 6.64. The molecule has 0 saturated heterocycles. The van der Waals surface area contributed by atoms with Crippen molar-refractivity contribution < 1.29 is 13.2 Å². The SMILES string of the molecule is O=C(CNS(=O)(=O)c1ccccc1Cl)NCc1ccccc1Cl. The van der Waals surface area contributed by atoms with Crippen molar-refractivity contribution in [2.24, 2.45) is 0 Å². The fourth-order valence-electron chi connectivity index (χ4n) is 1.80. The standard InChI is InChI=1S/C15H14Cl2N2O3S/c16-12-6-2-1-5-11(12)9-18-15(20)10-19-23(21,22)14-8-4-3-7-13(14)17/h1-8,19H,9-10H2,(H,18,20). The van der Waals surface area contributed by atoms with E-state index in [2.05, 4.69) is 10.0 Å². The van der Waals surface area contributed by atoms with Crippen LogP contribution in [0.3, 0.4) is 0 Å². The molecule has 2 N–H and O–H groups in total. The van der Waals surface area contributed by atoms with E-state index < -0.39 is 22.5 Å². The highest BCUT2D eigenvalue weighted by atomic mass is 35.5. The molecule has 1 amide bonds. The van der Waals surface area contributed by atoms with Crippen LogP contribution < -0.4 is 10.0 Å². The molecule has 0 fully saturated rings. The Bertz CT molecular complexity index is 810. The summed E-state index contributed by atoms with van der Waals surface area (Å²) in [6, 6.07) is 13.1. The molecule has 0 atom stereocenters. The Morgan fingerprint density at radius 3 is 2.22 bits per heavy atom. The van der Waals surface area contributed by atoms with E-state index in [1.165, 1.54) is 12.1 Å². The Kier molecular flexibility index (Phi) is 6.01. The van der Waals surface area contributed by atoms with E-state index in [1.807, 2.05) is 0 Å². The normalized spacial score (nSPS) is 11.2. The van der Waals surface area contributed by atoms with E-state index in [9.17, 15) is 13.2 Å². The molecule has 0 aromatic heterocycles. The predicted molar refractivity (Wildman–Crippen MR) is 89.9 cm³/mol. The first kappa shape index (κ1) is 17.7. The number of hydrogen-bond donors (Lipinski definition) is 2. The van der Waals surface area contributed by atoms with Crippen LogP contribution in [0, 0.1) is 0 Å². The Morgan fingerprint density at radius 2 is 1.57 bits per heavy atom. The van der Waals surface area contributed by atoms with Crippen molar-refractivity contribution in [2.75, 3.05) is 6.54 Å². The van der Waals surface area contributed by atoms with Gasteiger partial charge in [0, 0.05) is 11.6 Å². The molecule has 2 aromatic rings. The third kappa shape index (κ3) is 4.94. The molecule has 0 unspecified atom stereocenters. The van der Waals surface area contributed by atoms with Gasteiger partial charge < -0.3 is 5.32 Å². The average molecular weight is 373 g/mol. The second-order valence-electron chi connectivity index (χ2n) is 4.62. The number of hydrogen-bond acceptors (Lipinski definition) is 3. The lowest BCUT2D eigenvalue weighted by Gasteiger charge is -2.09. The molecule has 23 heavy (non-hydrogen) atoms. The zero-order valence-corrected chi connectivity index (χ0v) is 14.3. The third-order valence-electron chi connectivity index (χ3n) is 2.98. The lowest BCUT2D eigenvalue weighted by atomic mass is 10.2. The van der Waals surface area contributed by atoms with Gasteiger partial charge in [0.1, 0.15) is 4.90 Å². The highest BCUT2D eigenvalue weighted by Gasteiger charge is 2.18. The largest absolute Gasteiger partial charge is 0.351 e. The number of rotatable bonds is 6. The number of amides is 1. The van der Waals surface area contributed by atoms with Gasteiger partial charge in [0.25, 0.3) is 0 Å². The van der Waals surface area contributed by atoms with Crippen molar-refractivity contribution in [3.8, 4) is 0 Å². The first-order valence-corrected chi connectivity index (χ1v) is 8.88. The van der Waals surface area contributed by atoms with Crippen LogP contribution in [-0.2, 0) is 21.4 Å². The number of halogens is 2. The summed E-state index contributed by atoms with van der Waals surface area (Å²) in [6.07, 6.45) is 0. The van der Waals surface area contributed by atoms with Crippen LogP contribution in [0.2, 0.25) is 10.0 Å². The monoisotopic (exact) mass is 372 g/mol.